The van der Waals surface area contributed by atoms with Crippen molar-refractivity contribution in [1.29, 1.82) is 0 Å². The Morgan fingerprint density at radius 1 is 1.14 bits per heavy atom. The lowest BCUT2D eigenvalue weighted by atomic mass is 10.2. The van der Waals surface area contributed by atoms with E-state index in [1.54, 1.807) is 0 Å². The normalized spacial score (nSPS) is 10.9. The van der Waals surface area contributed by atoms with Crippen molar-refractivity contribution in [3.05, 3.63) is 54.0 Å². The number of rotatable bonds is 5. The molecule has 2 heterocycles. The summed E-state index contributed by atoms with van der Waals surface area (Å²) in [5.41, 5.74) is 8.46. The first-order valence-corrected chi connectivity index (χ1v) is 7.02. The summed E-state index contributed by atoms with van der Waals surface area (Å²) in [7, 11) is 0. The maximum absolute atomic E-state index is 6.01. The highest BCUT2D eigenvalue weighted by Gasteiger charge is 2.09. The number of ether oxygens (including phenoxy) is 1. The third-order valence-electron chi connectivity index (χ3n) is 3.46. The molecular weight excluding hydrogens is 264 g/mol. The molecular formula is C16H18N4O. The second-order valence-corrected chi connectivity index (χ2v) is 4.99. The van der Waals surface area contributed by atoms with Crippen molar-refractivity contribution in [2.24, 2.45) is 0 Å². The van der Waals surface area contributed by atoms with E-state index in [1.165, 1.54) is 0 Å². The van der Waals surface area contributed by atoms with Gasteiger partial charge < -0.3 is 10.5 Å². The van der Waals surface area contributed by atoms with Crippen LogP contribution in [0.15, 0.2) is 42.6 Å². The smallest absolute Gasteiger partial charge is 0.184 e. The lowest BCUT2D eigenvalue weighted by Gasteiger charge is -2.06. The van der Waals surface area contributed by atoms with E-state index >= 15 is 0 Å². The minimum atomic E-state index is 0.653. The van der Waals surface area contributed by atoms with E-state index in [1.807, 2.05) is 53.9 Å². The van der Waals surface area contributed by atoms with Gasteiger partial charge >= 0.3 is 0 Å². The van der Waals surface area contributed by atoms with Gasteiger partial charge in [-0.2, -0.15) is 0 Å². The van der Waals surface area contributed by atoms with Gasteiger partial charge in [-0.3, -0.25) is 4.40 Å². The van der Waals surface area contributed by atoms with E-state index in [9.17, 15) is 0 Å². The summed E-state index contributed by atoms with van der Waals surface area (Å²) in [6.45, 7) is 2.62. The molecule has 0 fully saturated rings. The number of aromatic nitrogens is 3. The zero-order valence-electron chi connectivity index (χ0n) is 12.0. The molecule has 5 heteroatoms. The number of anilines is 1. The fourth-order valence-electron chi connectivity index (χ4n) is 2.22. The first kappa shape index (κ1) is 13.4. The van der Waals surface area contributed by atoms with Crippen molar-refractivity contribution in [1.82, 2.24) is 14.6 Å². The highest BCUT2D eigenvalue weighted by atomic mass is 16.5. The van der Waals surface area contributed by atoms with Crippen LogP contribution >= 0.6 is 0 Å². The van der Waals surface area contributed by atoms with E-state index < -0.39 is 0 Å². The monoisotopic (exact) mass is 282 g/mol. The minimum absolute atomic E-state index is 0.653. The molecule has 0 spiro atoms. The summed E-state index contributed by atoms with van der Waals surface area (Å²) in [5, 5.41) is 8.38. The van der Waals surface area contributed by atoms with Crippen LogP contribution in [0.1, 0.15) is 17.8 Å². The third-order valence-corrected chi connectivity index (χ3v) is 3.46. The second kappa shape index (κ2) is 5.83. The molecule has 0 radical (unpaired) electrons. The van der Waals surface area contributed by atoms with E-state index in [2.05, 4.69) is 10.2 Å². The lowest BCUT2D eigenvalue weighted by molar-refractivity contribution is 0.309. The summed E-state index contributed by atoms with van der Waals surface area (Å²) < 4.78 is 7.63. The molecule has 0 aliphatic rings. The van der Waals surface area contributed by atoms with Crippen molar-refractivity contribution in [3.8, 4) is 5.75 Å². The van der Waals surface area contributed by atoms with Gasteiger partial charge in [0.1, 0.15) is 11.6 Å². The number of nitrogen functional groups attached to an aromatic ring is 1. The second-order valence-electron chi connectivity index (χ2n) is 4.99. The van der Waals surface area contributed by atoms with Gasteiger partial charge in [-0.1, -0.05) is 18.2 Å². The molecule has 0 aliphatic carbocycles. The fraction of sp³-hybridized carbons (Fsp3) is 0.250. The van der Waals surface area contributed by atoms with Gasteiger partial charge in [-0.15, -0.1) is 10.2 Å². The molecule has 3 aromatic rings. The number of hydrogen-bond acceptors (Lipinski definition) is 4. The van der Waals surface area contributed by atoms with Gasteiger partial charge in [0.05, 0.1) is 12.3 Å². The Morgan fingerprint density at radius 3 is 2.76 bits per heavy atom. The van der Waals surface area contributed by atoms with Crippen molar-refractivity contribution in [2.75, 3.05) is 12.3 Å². The van der Waals surface area contributed by atoms with Crippen LogP contribution in [0.25, 0.3) is 5.65 Å². The molecule has 0 bridgehead atoms. The fourth-order valence-corrected chi connectivity index (χ4v) is 2.22. The average molecular weight is 282 g/mol. The van der Waals surface area contributed by atoms with Gasteiger partial charge in [0, 0.05) is 12.6 Å². The first-order chi connectivity index (χ1) is 10.3. The molecule has 21 heavy (non-hydrogen) atoms. The zero-order chi connectivity index (χ0) is 14.7. The summed E-state index contributed by atoms with van der Waals surface area (Å²) >= 11 is 0. The predicted octanol–water partition coefficient (Wildman–Crippen LogP) is 2.63. The molecule has 0 atom stereocenters. The molecule has 0 aliphatic heterocycles. The maximum Gasteiger partial charge on any atom is 0.184 e. The molecule has 2 N–H and O–H groups in total. The summed E-state index contributed by atoms with van der Waals surface area (Å²) in [6.07, 6.45) is 3.65. The molecule has 0 amide bonds. The van der Waals surface area contributed by atoms with Crippen molar-refractivity contribution in [3.63, 3.8) is 0 Å². The summed E-state index contributed by atoms with van der Waals surface area (Å²) in [6, 6.07) is 11.8. The number of fused-ring (bicyclic) bond motifs is 1. The highest BCUT2D eigenvalue weighted by molar-refractivity contribution is 5.68. The molecule has 0 unspecified atom stereocenters. The van der Waals surface area contributed by atoms with Crippen LogP contribution < -0.4 is 10.5 Å². The van der Waals surface area contributed by atoms with Crippen molar-refractivity contribution in [2.45, 2.75) is 19.8 Å². The Kier molecular flexibility index (Phi) is 3.73. The standard InChI is InChI=1S/C16H18N4O/c1-12-9-10-20-14(18-19-16(20)15(12)17)8-5-11-21-13-6-3-2-4-7-13/h2-4,6-7,9-10H,5,8,11,17H2,1H3. The number of hydrogen-bond donors (Lipinski definition) is 1. The molecule has 1 aromatic carbocycles. The number of pyridine rings is 1. The molecule has 0 saturated heterocycles. The number of para-hydroxylation sites is 1. The number of nitrogens with two attached hydrogens (primary N) is 1. The number of nitrogens with zero attached hydrogens (tertiary/aromatic N) is 3. The Hall–Kier alpha value is -2.56. The first-order valence-electron chi connectivity index (χ1n) is 7.02. The largest absolute Gasteiger partial charge is 0.494 e. The van der Waals surface area contributed by atoms with Crippen LogP contribution in [0.5, 0.6) is 5.75 Å². The molecule has 0 saturated carbocycles. The average Bonchev–Trinajstić information content (AvgIpc) is 2.92. The molecule has 3 rings (SSSR count). The SMILES string of the molecule is Cc1ccn2c(CCCOc3ccccc3)nnc2c1N. The number of aryl methyl sites for hydroxylation is 2. The van der Waals surface area contributed by atoms with Gasteiger partial charge in [0.15, 0.2) is 5.65 Å². The van der Waals surface area contributed by atoms with Gasteiger partial charge in [0.2, 0.25) is 0 Å². The molecule has 2 aromatic heterocycles. The van der Waals surface area contributed by atoms with Crippen molar-refractivity contribution >= 4 is 11.3 Å². The summed E-state index contributed by atoms with van der Waals surface area (Å²) in [4.78, 5) is 0. The Balaban J connectivity index is 1.62. The predicted molar refractivity (Wildman–Crippen MR) is 82.4 cm³/mol. The van der Waals surface area contributed by atoms with Gasteiger partial charge in [-0.25, -0.2) is 0 Å². The summed E-state index contributed by atoms with van der Waals surface area (Å²) in [5.74, 6) is 1.80. The Labute approximate surface area is 123 Å². The molecule has 108 valence electrons. The van der Waals surface area contributed by atoms with Crippen LogP contribution in [0, 0.1) is 6.92 Å². The van der Waals surface area contributed by atoms with E-state index in [4.69, 9.17) is 10.5 Å². The topological polar surface area (TPSA) is 65.4 Å². The highest BCUT2D eigenvalue weighted by Crippen LogP contribution is 2.17. The number of benzene rings is 1. The lowest BCUT2D eigenvalue weighted by Crippen LogP contribution is -2.03. The Bertz CT molecular complexity index is 737. The maximum atomic E-state index is 6.01. The van der Waals surface area contributed by atoms with Crippen LogP contribution in [0.2, 0.25) is 0 Å². The third kappa shape index (κ3) is 2.81. The van der Waals surface area contributed by atoms with Crippen LogP contribution in [-0.2, 0) is 6.42 Å². The zero-order valence-corrected chi connectivity index (χ0v) is 12.0. The molecule has 5 nitrogen and oxygen atoms in total. The van der Waals surface area contributed by atoms with E-state index in [0.29, 0.717) is 12.3 Å². The van der Waals surface area contributed by atoms with Gasteiger partial charge in [0.25, 0.3) is 0 Å². The van der Waals surface area contributed by atoms with Crippen LogP contribution in [0.4, 0.5) is 5.69 Å². The Morgan fingerprint density at radius 2 is 1.95 bits per heavy atom. The van der Waals surface area contributed by atoms with E-state index in [0.717, 1.165) is 35.6 Å². The van der Waals surface area contributed by atoms with Gasteiger partial charge in [-0.05, 0) is 37.1 Å². The van der Waals surface area contributed by atoms with E-state index in [-0.39, 0.29) is 0 Å². The minimum Gasteiger partial charge on any atom is -0.494 e. The van der Waals surface area contributed by atoms with Crippen LogP contribution in [0.3, 0.4) is 0 Å². The van der Waals surface area contributed by atoms with Crippen molar-refractivity contribution < 1.29 is 4.74 Å². The quantitative estimate of drug-likeness (QED) is 0.731. The van der Waals surface area contributed by atoms with Crippen LogP contribution in [-0.4, -0.2) is 21.2 Å².